The van der Waals surface area contributed by atoms with Crippen LogP contribution in [-0.2, 0) is 7.05 Å². The van der Waals surface area contributed by atoms with Crippen molar-refractivity contribution < 1.29 is 4.79 Å². The second-order valence-corrected chi connectivity index (χ2v) is 6.10. The molecule has 1 N–H and O–H groups in total. The van der Waals surface area contributed by atoms with Crippen molar-refractivity contribution >= 4 is 17.5 Å². The molecule has 1 saturated carbocycles. The molecule has 1 heterocycles. The molecule has 0 aromatic carbocycles. The van der Waals surface area contributed by atoms with E-state index in [0.29, 0.717) is 22.6 Å². The summed E-state index contributed by atoms with van der Waals surface area (Å²) in [5.74, 6) is 1.00. The molecule has 2 rings (SSSR count). The summed E-state index contributed by atoms with van der Waals surface area (Å²) in [7, 11) is 1.79. The summed E-state index contributed by atoms with van der Waals surface area (Å²) in [5, 5.41) is 7.74. The number of halogens is 1. The van der Waals surface area contributed by atoms with E-state index in [4.69, 9.17) is 11.6 Å². The first-order valence-corrected chi connectivity index (χ1v) is 7.29. The van der Waals surface area contributed by atoms with Crippen LogP contribution in [0.4, 0.5) is 0 Å². The number of carbonyl (C=O) groups is 1. The molecule has 106 valence electrons. The molecule has 1 aromatic heterocycles. The maximum atomic E-state index is 12.3. The van der Waals surface area contributed by atoms with Crippen LogP contribution in [0.3, 0.4) is 0 Å². The molecular formula is C14H22ClN3O. The second-order valence-electron chi connectivity index (χ2n) is 5.72. The number of amides is 1. The first-order valence-electron chi connectivity index (χ1n) is 6.91. The SMILES string of the molecule is Cc1c(Cl)c(C(=O)N[C@@H]2CCC[C@@H](C)[C@@H]2C)nn1C. The summed E-state index contributed by atoms with van der Waals surface area (Å²) in [5.41, 5.74) is 1.16. The number of aryl methyl sites for hydroxylation is 1. The maximum absolute atomic E-state index is 12.3. The van der Waals surface area contributed by atoms with Crippen LogP contribution in [0.15, 0.2) is 0 Å². The molecule has 0 bridgehead atoms. The first-order chi connectivity index (χ1) is 8.91. The Hall–Kier alpha value is -1.03. The number of carbonyl (C=O) groups excluding carboxylic acids is 1. The van der Waals surface area contributed by atoms with Crippen molar-refractivity contribution in [2.24, 2.45) is 18.9 Å². The van der Waals surface area contributed by atoms with Gasteiger partial charge in [-0.3, -0.25) is 9.48 Å². The number of rotatable bonds is 2. The van der Waals surface area contributed by atoms with Gasteiger partial charge in [0.1, 0.15) is 0 Å². The Morgan fingerprint density at radius 2 is 2.11 bits per heavy atom. The molecular weight excluding hydrogens is 262 g/mol. The highest BCUT2D eigenvalue weighted by molar-refractivity contribution is 6.34. The third-order valence-corrected chi connectivity index (χ3v) is 4.95. The minimum atomic E-state index is -0.153. The summed E-state index contributed by atoms with van der Waals surface area (Å²) in [4.78, 5) is 12.3. The fraction of sp³-hybridized carbons (Fsp3) is 0.714. The van der Waals surface area contributed by atoms with Crippen LogP contribution in [0, 0.1) is 18.8 Å². The Morgan fingerprint density at radius 1 is 1.42 bits per heavy atom. The maximum Gasteiger partial charge on any atom is 0.273 e. The lowest BCUT2D eigenvalue weighted by atomic mass is 9.78. The van der Waals surface area contributed by atoms with Crippen LogP contribution in [0.2, 0.25) is 5.02 Å². The molecule has 19 heavy (non-hydrogen) atoms. The second kappa shape index (κ2) is 5.53. The number of aromatic nitrogens is 2. The molecule has 0 spiro atoms. The predicted octanol–water partition coefficient (Wildman–Crippen LogP) is 2.94. The van der Waals surface area contributed by atoms with Gasteiger partial charge in [0.25, 0.3) is 5.91 Å². The molecule has 5 heteroatoms. The van der Waals surface area contributed by atoms with Crippen LogP contribution in [0.1, 0.15) is 49.3 Å². The molecule has 0 aliphatic heterocycles. The van der Waals surface area contributed by atoms with Gasteiger partial charge in [-0.25, -0.2) is 0 Å². The van der Waals surface area contributed by atoms with E-state index in [-0.39, 0.29) is 11.9 Å². The van der Waals surface area contributed by atoms with E-state index >= 15 is 0 Å². The zero-order chi connectivity index (χ0) is 14.2. The van der Waals surface area contributed by atoms with Gasteiger partial charge in [0, 0.05) is 13.1 Å². The third kappa shape index (κ3) is 2.78. The van der Waals surface area contributed by atoms with Crippen LogP contribution in [0.5, 0.6) is 0 Å². The fourth-order valence-corrected chi connectivity index (χ4v) is 3.00. The fourth-order valence-electron chi connectivity index (χ4n) is 2.75. The molecule has 1 amide bonds. The normalized spacial score (nSPS) is 27.3. The Balaban J connectivity index is 2.10. The molecule has 1 fully saturated rings. The van der Waals surface area contributed by atoms with E-state index in [9.17, 15) is 4.79 Å². The van der Waals surface area contributed by atoms with Crippen molar-refractivity contribution in [3.63, 3.8) is 0 Å². The van der Waals surface area contributed by atoms with Gasteiger partial charge in [0.15, 0.2) is 5.69 Å². The van der Waals surface area contributed by atoms with Crippen molar-refractivity contribution in [1.82, 2.24) is 15.1 Å². The van der Waals surface area contributed by atoms with Crippen molar-refractivity contribution in [3.8, 4) is 0 Å². The Labute approximate surface area is 119 Å². The van der Waals surface area contributed by atoms with Gasteiger partial charge < -0.3 is 5.32 Å². The first kappa shape index (κ1) is 14.4. The van der Waals surface area contributed by atoms with E-state index in [1.807, 2.05) is 6.92 Å². The molecule has 1 aliphatic rings. The predicted molar refractivity (Wildman–Crippen MR) is 76.4 cm³/mol. The molecule has 3 atom stereocenters. The smallest absolute Gasteiger partial charge is 0.273 e. The standard InChI is InChI=1S/C14H22ClN3O/c1-8-6-5-7-11(9(8)2)16-14(19)13-12(15)10(3)18(4)17-13/h8-9,11H,5-7H2,1-4H3,(H,16,19)/t8-,9+,11-/m1/s1. The summed E-state index contributed by atoms with van der Waals surface area (Å²) in [6.45, 7) is 6.32. The number of hydrogen-bond acceptors (Lipinski definition) is 2. The number of hydrogen-bond donors (Lipinski definition) is 1. The Kier molecular flexibility index (Phi) is 4.19. The summed E-state index contributed by atoms with van der Waals surface area (Å²) >= 11 is 6.15. The monoisotopic (exact) mass is 283 g/mol. The van der Waals surface area contributed by atoms with E-state index in [2.05, 4.69) is 24.3 Å². The largest absolute Gasteiger partial charge is 0.348 e. The van der Waals surface area contributed by atoms with Crippen molar-refractivity contribution in [2.75, 3.05) is 0 Å². The Bertz CT molecular complexity index is 483. The van der Waals surface area contributed by atoms with Crippen LogP contribution < -0.4 is 5.32 Å². The highest BCUT2D eigenvalue weighted by Crippen LogP contribution is 2.30. The van der Waals surface area contributed by atoms with Gasteiger partial charge in [-0.2, -0.15) is 5.10 Å². The van der Waals surface area contributed by atoms with E-state index in [1.165, 1.54) is 12.8 Å². The average Bonchev–Trinajstić information content (AvgIpc) is 2.63. The van der Waals surface area contributed by atoms with Gasteiger partial charge in [0.2, 0.25) is 0 Å². The lowest BCUT2D eigenvalue weighted by Gasteiger charge is -2.34. The van der Waals surface area contributed by atoms with Crippen molar-refractivity contribution in [3.05, 3.63) is 16.4 Å². The zero-order valence-electron chi connectivity index (χ0n) is 12.0. The topological polar surface area (TPSA) is 46.9 Å². The summed E-state index contributed by atoms with van der Waals surface area (Å²) in [6.07, 6.45) is 3.46. The average molecular weight is 284 g/mol. The zero-order valence-corrected chi connectivity index (χ0v) is 12.8. The lowest BCUT2D eigenvalue weighted by Crippen LogP contribution is -2.43. The minimum Gasteiger partial charge on any atom is -0.348 e. The van der Waals surface area contributed by atoms with Crippen molar-refractivity contribution in [1.29, 1.82) is 0 Å². The van der Waals surface area contributed by atoms with Crippen LogP contribution >= 0.6 is 11.6 Å². The molecule has 0 radical (unpaired) electrons. The Morgan fingerprint density at radius 3 is 2.68 bits per heavy atom. The van der Waals surface area contributed by atoms with Crippen molar-refractivity contribution in [2.45, 2.75) is 46.1 Å². The third-order valence-electron chi connectivity index (χ3n) is 4.50. The summed E-state index contributed by atoms with van der Waals surface area (Å²) < 4.78 is 1.64. The van der Waals surface area contributed by atoms with E-state index in [1.54, 1.807) is 11.7 Å². The minimum absolute atomic E-state index is 0.153. The molecule has 0 unspecified atom stereocenters. The van der Waals surface area contributed by atoms with Crippen LogP contribution in [0.25, 0.3) is 0 Å². The van der Waals surface area contributed by atoms with Gasteiger partial charge in [-0.15, -0.1) is 0 Å². The van der Waals surface area contributed by atoms with E-state index < -0.39 is 0 Å². The molecule has 1 aromatic rings. The molecule has 1 aliphatic carbocycles. The highest BCUT2D eigenvalue weighted by Gasteiger charge is 2.29. The highest BCUT2D eigenvalue weighted by atomic mass is 35.5. The lowest BCUT2D eigenvalue weighted by molar-refractivity contribution is 0.0885. The van der Waals surface area contributed by atoms with Crippen LogP contribution in [-0.4, -0.2) is 21.7 Å². The molecule has 0 saturated heterocycles. The molecule has 4 nitrogen and oxygen atoms in total. The van der Waals surface area contributed by atoms with Gasteiger partial charge in [-0.1, -0.05) is 38.3 Å². The summed E-state index contributed by atoms with van der Waals surface area (Å²) in [6, 6.07) is 0.231. The van der Waals surface area contributed by atoms with Gasteiger partial charge >= 0.3 is 0 Å². The van der Waals surface area contributed by atoms with Gasteiger partial charge in [0.05, 0.1) is 10.7 Å². The van der Waals surface area contributed by atoms with E-state index in [0.717, 1.165) is 12.1 Å². The quantitative estimate of drug-likeness (QED) is 0.907. The number of nitrogens with zero attached hydrogens (tertiary/aromatic N) is 2. The number of nitrogens with one attached hydrogen (secondary N) is 1. The van der Waals surface area contributed by atoms with Gasteiger partial charge in [-0.05, 0) is 25.2 Å².